The summed E-state index contributed by atoms with van der Waals surface area (Å²) < 4.78 is 18.4. The van der Waals surface area contributed by atoms with Gasteiger partial charge in [-0.2, -0.15) is 0 Å². The molecule has 5 N–H and O–H groups in total. The topological polar surface area (TPSA) is 179 Å². The number of fused-ring (bicyclic) bond motifs is 1. The van der Waals surface area contributed by atoms with Crippen molar-refractivity contribution in [2.45, 2.75) is 101 Å². The van der Waals surface area contributed by atoms with Crippen LogP contribution in [0.3, 0.4) is 0 Å². The second-order valence-corrected chi connectivity index (χ2v) is 14.2. The van der Waals surface area contributed by atoms with Crippen LogP contribution in [0.1, 0.15) is 68.9 Å². The maximum Gasteiger partial charge on any atom is 0.305 e. The van der Waals surface area contributed by atoms with E-state index in [-0.39, 0.29) is 44.2 Å². The molecule has 1 saturated heterocycles. The lowest BCUT2D eigenvalue weighted by Crippen LogP contribution is -2.61. The SMILES string of the molecule is COC(=O)CC[C@H](NC(=O)CCl)C(=O)N1CCCC[C@H]1C(=O)N[C@@H](CCc1c[nH]c2ccccc12)C(=O)N[C@@H](Cc1ccc(F)cc1)C(=O)NC1CCC1. The van der Waals surface area contributed by atoms with E-state index in [1.807, 2.05) is 30.5 Å². The predicted molar refractivity (Wildman–Crippen MR) is 200 cm³/mol. The highest BCUT2D eigenvalue weighted by Crippen LogP contribution is 2.23. The first kappa shape index (κ1) is 40.2. The number of aromatic amines is 1. The molecule has 5 rings (SSSR count). The van der Waals surface area contributed by atoms with Crippen LogP contribution in [0, 0.1) is 5.82 Å². The molecule has 1 aliphatic heterocycles. The number of hydrogen-bond acceptors (Lipinski definition) is 7. The number of aryl methyl sites for hydroxylation is 1. The zero-order valence-corrected chi connectivity index (χ0v) is 31.1. The number of carbonyl (C=O) groups excluding carboxylic acids is 6. The second kappa shape index (κ2) is 19.4. The Labute approximate surface area is 318 Å². The number of likely N-dealkylation sites (tertiary alicyclic amines) is 1. The molecule has 0 radical (unpaired) electrons. The molecule has 0 unspecified atom stereocenters. The minimum Gasteiger partial charge on any atom is -0.469 e. The highest BCUT2D eigenvalue weighted by Gasteiger charge is 2.38. The van der Waals surface area contributed by atoms with Crippen LogP contribution < -0.4 is 21.3 Å². The summed E-state index contributed by atoms with van der Waals surface area (Å²) in [5.41, 5.74) is 2.49. The van der Waals surface area contributed by atoms with Crippen molar-refractivity contribution in [2.24, 2.45) is 0 Å². The molecule has 3 aromatic rings. The van der Waals surface area contributed by atoms with Gasteiger partial charge in [-0.25, -0.2) is 4.39 Å². The van der Waals surface area contributed by atoms with E-state index in [0.29, 0.717) is 31.2 Å². The lowest BCUT2D eigenvalue weighted by Gasteiger charge is -2.37. The van der Waals surface area contributed by atoms with Crippen molar-refractivity contribution in [3.63, 3.8) is 0 Å². The number of para-hydroxylation sites is 1. The molecular formula is C39H48ClFN6O7. The summed E-state index contributed by atoms with van der Waals surface area (Å²) in [6.07, 6.45) is 6.51. The van der Waals surface area contributed by atoms with Crippen molar-refractivity contribution in [2.75, 3.05) is 19.5 Å². The average Bonchev–Trinajstić information content (AvgIpc) is 3.59. The molecule has 0 bridgehead atoms. The Bertz CT molecular complexity index is 1800. The van der Waals surface area contributed by atoms with E-state index in [0.717, 1.165) is 35.7 Å². The zero-order valence-electron chi connectivity index (χ0n) is 30.3. The van der Waals surface area contributed by atoms with Gasteiger partial charge in [-0.15, -0.1) is 11.6 Å². The number of esters is 1. The minimum absolute atomic E-state index is 0.00276. The van der Waals surface area contributed by atoms with Gasteiger partial charge in [0, 0.05) is 42.5 Å². The van der Waals surface area contributed by atoms with Crippen LogP contribution in [0.4, 0.5) is 4.39 Å². The van der Waals surface area contributed by atoms with Gasteiger partial charge >= 0.3 is 5.97 Å². The van der Waals surface area contributed by atoms with Crippen molar-refractivity contribution in [3.8, 4) is 0 Å². The minimum atomic E-state index is -1.13. The highest BCUT2D eigenvalue weighted by molar-refractivity contribution is 6.27. The largest absolute Gasteiger partial charge is 0.469 e. The number of hydrogen-bond donors (Lipinski definition) is 5. The lowest BCUT2D eigenvalue weighted by atomic mass is 9.92. The predicted octanol–water partition coefficient (Wildman–Crippen LogP) is 3.18. The maximum atomic E-state index is 14.2. The summed E-state index contributed by atoms with van der Waals surface area (Å²) in [5.74, 6) is -4.08. The van der Waals surface area contributed by atoms with Gasteiger partial charge < -0.3 is 35.9 Å². The van der Waals surface area contributed by atoms with Crippen LogP contribution in [0.15, 0.2) is 54.7 Å². The van der Waals surface area contributed by atoms with Crippen LogP contribution in [-0.4, -0.2) is 95.1 Å². The van der Waals surface area contributed by atoms with Gasteiger partial charge in [0.2, 0.25) is 29.5 Å². The van der Waals surface area contributed by atoms with Crippen LogP contribution in [0.25, 0.3) is 10.9 Å². The summed E-state index contributed by atoms with van der Waals surface area (Å²) in [4.78, 5) is 84.6. The third-order valence-corrected chi connectivity index (χ3v) is 10.4. The van der Waals surface area contributed by atoms with Crippen molar-refractivity contribution in [1.29, 1.82) is 0 Å². The van der Waals surface area contributed by atoms with E-state index in [1.54, 1.807) is 12.1 Å². The smallest absolute Gasteiger partial charge is 0.305 e. The normalized spacial score (nSPS) is 17.4. The van der Waals surface area contributed by atoms with E-state index in [2.05, 4.69) is 26.3 Å². The molecule has 13 nitrogen and oxygen atoms in total. The number of H-pyrrole nitrogens is 1. The van der Waals surface area contributed by atoms with Gasteiger partial charge in [-0.3, -0.25) is 28.8 Å². The first-order valence-corrected chi connectivity index (χ1v) is 19.0. The van der Waals surface area contributed by atoms with Crippen molar-refractivity contribution in [1.82, 2.24) is 31.2 Å². The summed E-state index contributed by atoms with van der Waals surface area (Å²) in [6.45, 7) is 0.218. The van der Waals surface area contributed by atoms with Crippen LogP contribution in [0.5, 0.6) is 0 Å². The van der Waals surface area contributed by atoms with E-state index in [1.165, 1.54) is 24.1 Å². The van der Waals surface area contributed by atoms with Crippen LogP contribution in [-0.2, 0) is 46.3 Å². The number of methoxy groups -OCH3 is 1. The highest BCUT2D eigenvalue weighted by atomic mass is 35.5. The van der Waals surface area contributed by atoms with Gasteiger partial charge in [0.05, 0.1) is 7.11 Å². The van der Waals surface area contributed by atoms with Crippen molar-refractivity contribution >= 4 is 58.0 Å². The molecule has 2 heterocycles. The Morgan fingerprint density at radius 1 is 0.889 bits per heavy atom. The van der Waals surface area contributed by atoms with Crippen LogP contribution in [0.2, 0.25) is 0 Å². The maximum absolute atomic E-state index is 14.2. The molecule has 4 atom stereocenters. The number of nitrogens with one attached hydrogen (secondary N) is 5. The number of halogens is 2. The third kappa shape index (κ3) is 10.8. The molecule has 2 aromatic carbocycles. The molecule has 1 aromatic heterocycles. The summed E-state index contributed by atoms with van der Waals surface area (Å²) in [7, 11) is 1.22. The van der Waals surface area contributed by atoms with E-state index in [4.69, 9.17) is 16.3 Å². The number of aromatic nitrogens is 1. The molecule has 2 fully saturated rings. The quantitative estimate of drug-likeness (QED) is 0.104. The number of ether oxygens (including phenoxy) is 1. The molecule has 5 amide bonds. The Kier molecular flexibility index (Phi) is 14.4. The fourth-order valence-corrected chi connectivity index (χ4v) is 6.97. The lowest BCUT2D eigenvalue weighted by molar-refractivity contribution is -0.146. The molecule has 1 saturated carbocycles. The Hall–Kier alpha value is -4.98. The monoisotopic (exact) mass is 766 g/mol. The summed E-state index contributed by atoms with van der Waals surface area (Å²) in [5, 5.41) is 12.3. The first-order chi connectivity index (χ1) is 26.1. The second-order valence-electron chi connectivity index (χ2n) is 13.9. The summed E-state index contributed by atoms with van der Waals surface area (Å²) in [6, 6.07) is 9.21. The van der Waals surface area contributed by atoms with E-state index >= 15 is 0 Å². The standard InChI is InChI=1S/C39H48ClFN6O7/c1-54-35(49)19-18-31(44-34(48)22-40)39(53)47-20-5-4-11-33(47)38(52)45-30(17-14-25-23-42-29-10-3-2-9-28(25)29)36(50)46-32(37(51)43-27-7-6-8-27)21-24-12-15-26(41)16-13-24/h2-3,9-10,12-13,15-16,23,27,30-33,42H,4-8,11,14,17-22H2,1H3,(H,43,51)(H,44,48)(H,45,52)(H,46,50)/t30-,31-,32-,33-/m0/s1. The average molecular weight is 767 g/mol. The van der Waals surface area contributed by atoms with Crippen LogP contribution >= 0.6 is 11.6 Å². The van der Waals surface area contributed by atoms with Gasteiger partial charge in [-0.05, 0) is 87.1 Å². The molecule has 2 aliphatic rings. The van der Waals surface area contributed by atoms with Crippen molar-refractivity contribution < 1.29 is 37.9 Å². The van der Waals surface area contributed by atoms with E-state index in [9.17, 15) is 33.2 Å². The zero-order chi connectivity index (χ0) is 38.6. The number of alkyl halides is 1. The Balaban J connectivity index is 1.37. The van der Waals surface area contributed by atoms with Gasteiger partial charge in [0.1, 0.15) is 35.9 Å². The fourth-order valence-electron chi connectivity index (χ4n) is 6.89. The number of amides is 5. The molecule has 290 valence electrons. The van der Waals surface area contributed by atoms with Gasteiger partial charge in [0.25, 0.3) is 0 Å². The molecular weight excluding hydrogens is 719 g/mol. The number of nitrogens with zero attached hydrogens (tertiary/aromatic N) is 1. The first-order valence-electron chi connectivity index (χ1n) is 18.5. The van der Waals surface area contributed by atoms with Gasteiger partial charge in [0.15, 0.2) is 0 Å². The van der Waals surface area contributed by atoms with Gasteiger partial charge in [-0.1, -0.05) is 30.3 Å². The number of benzene rings is 2. The molecule has 0 spiro atoms. The fraction of sp³-hybridized carbons (Fsp3) is 0.487. The number of carbonyl (C=O) groups is 6. The molecule has 1 aliphatic carbocycles. The van der Waals surface area contributed by atoms with Crippen molar-refractivity contribution in [3.05, 3.63) is 71.7 Å². The Morgan fingerprint density at radius 3 is 2.35 bits per heavy atom. The number of piperidine rings is 1. The molecule has 54 heavy (non-hydrogen) atoms. The third-order valence-electron chi connectivity index (χ3n) is 10.2. The Morgan fingerprint density at radius 2 is 1.65 bits per heavy atom. The number of rotatable bonds is 17. The molecule has 15 heteroatoms. The summed E-state index contributed by atoms with van der Waals surface area (Å²) >= 11 is 5.71. The van der Waals surface area contributed by atoms with E-state index < -0.39 is 65.5 Å².